The predicted molar refractivity (Wildman–Crippen MR) is 113 cm³/mol. The summed E-state index contributed by atoms with van der Waals surface area (Å²) in [5, 5.41) is 3.92. The number of benzene rings is 2. The van der Waals surface area contributed by atoms with Gasteiger partial charge in [-0.1, -0.05) is 29.4 Å². The van der Waals surface area contributed by atoms with Crippen LogP contribution >= 0.6 is 0 Å². The molecule has 3 aromatic rings. The van der Waals surface area contributed by atoms with Crippen molar-refractivity contribution in [3.63, 3.8) is 0 Å². The number of hydrogen-bond acceptors (Lipinski definition) is 6. The molecule has 1 aliphatic rings. The average Bonchev–Trinajstić information content (AvgIpc) is 3.27. The summed E-state index contributed by atoms with van der Waals surface area (Å²) < 4.78 is 48.7. The molecular formula is C23H25F3N4O2. The number of halogens is 3. The van der Waals surface area contributed by atoms with Crippen LogP contribution in [0.1, 0.15) is 17.0 Å². The number of hydrogen-bond donors (Lipinski definition) is 0. The highest BCUT2D eigenvalue weighted by atomic mass is 19.4. The van der Waals surface area contributed by atoms with Gasteiger partial charge in [0.1, 0.15) is 5.75 Å². The zero-order valence-corrected chi connectivity index (χ0v) is 17.8. The zero-order chi connectivity index (χ0) is 22.6. The molecule has 170 valence electrons. The van der Waals surface area contributed by atoms with Crippen LogP contribution in [-0.4, -0.2) is 59.8 Å². The zero-order valence-electron chi connectivity index (χ0n) is 17.8. The average molecular weight is 446 g/mol. The van der Waals surface area contributed by atoms with E-state index in [1.165, 1.54) is 17.7 Å². The summed E-state index contributed by atoms with van der Waals surface area (Å²) in [4.78, 5) is 9.03. The molecule has 0 N–H and O–H groups in total. The van der Waals surface area contributed by atoms with Crippen molar-refractivity contribution in [3.8, 4) is 17.1 Å². The Labute approximate surface area is 184 Å². The molecule has 0 amide bonds. The standard InChI is InChI=1S/C23H25F3N4O2/c1-31-20-8-2-17(3-9-20)10-11-29-12-14-30(15-13-29)16-21-27-22(28-32-21)18-4-6-19(7-5-18)23(24,25)26/h2-9H,10-16H2,1H3. The van der Waals surface area contributed by atoms with Crippen molar-refractivity contribution in [2.24, 2.45) is 0 Å². The van der Waals surface area contributed by atoms with Crippen molar-refractivity contribution in [2.45, 2.75) is 19.1 Å². The number of aromatic nitrogens is 2. The maximum Gasteiger partial charge on any atom is 0.416 e. The lowest BCUT2D eigenvalue weighted by molar-refractivity contribution is -0.137. The quantitative estimate of drug-likeness (QED) is 0.544. The molecule has 4 rings (SSSR count). The fourth-order valence-corrected chi connectivity index (χ4v) is 3.69. The molecule has 0 aliphatic carbocycles. The highest BCUT2D eigenvalue weighted by Gasteiger charge is 2.30. The molecule has 1 aliphatic heterocycles. The first-order valence-corrected chi connectivity index (χ1v) is 10.5. The van der Waals surface area contributed by atoms with Gasteiger partial charge in [-0.2, -0.15) is 18.2 Å². The van der Waals surface area contributed by atoms with Crippen molar-refractivity contribution in [1.82, 2.24) is 19.9 Å². The van der Waals surface area contributed by atoms with Gasteiger partial charge in [0, 0.05) is 38.3 Å². The van der Waals surface area contributed by atoms with Crippen molar-refractivity contribution in [3.05, 3.63) is 65.5 Å². The van der Waals surface area contributed by atoms with Crippen LogP contribution in [0.5, 0.6) is 5.75 Å². The van der Waals surface area contributed by atoms with E-state index < -0.39 is 11.7 Å². The second-order valence-corrected chi connectivity index (χ2v) is 7.80. The summed E-state index contributed by atoms with van der Waals surface area (Å²) in [7, 11) is 1.67. The van der Waals surface area contributed by atoms with Crippen LogP contribution in [0.4, 0.5) is 13.2 Å². The molecule has 0 saturated carbocycles. The van der Waals surface area contributed by atoms with E-state index in [1.54, 1.807) is 7.11 Å². The maximum atomic E-state index is 12.7. The summed E-state index contributed by atoms with van der Waals surface area (Å²) in [6.07, 6.45) is -3.37. The smallest absolute Gasteiger partial charge is 0.416 e. The number of alkyl halides is 3. The molecule has 1 fully saturated rings. The Morgan fingerprint density at radius 1 is 0.938 bits per heavy atom. The summed E-state index contributed by atoms with van der Waals surface area (Å²) in [5.74, 6) is 1.63. The van der Waals surface area contributed by atoms with Gasteiger partial charge in [-0.05, 0) is 36.2 Å². The maximum absolute atomic E-state index is 12.7. The highest BCUT2D eigenvalue weighted by Crippen LogP contribution is 2.30. The van der Waals surface area contributed by atoms with E-state index >= 15 is 0 Å². The second kappa shape index (κ2) is 9.70. The first kappa shape index (κ1) is 22.3. The molecule has 32 heavy (non-hydrogen) atoms. The summed E-state index contributed by atoms with van der Waals surface area (Å²) in [5.41, 5.74) is 1.08. The van der Waals surface area contributed by atoms with E-state index in [0.29, 0.717) is 23.8 Å². The fraction of sp³-hybridized carbons (Fsp3) is 0.391. The third kappa shape index (κ3) is 5.66. The van der Waals surface area contributed by atoms with Gasteiger partial charge < -0.3 is 14.2 Å². The molecule has 0 unspecified atom stereocenters. The first-order chi connectivity index (χ1) is 15.4. The number of rotatable bonds is 7. The van der Waals surface area contributed by atoms with Crippen molar-refractivity contribution in [2.75, 3.05) is 39.8 Å². The largest absolute Gasteiger partial charge is 0.497 e. The van der Waals surface area contributed by atoms with E-state index in [0.717, 1.165) is 57.0 Å². The normalized spacial score (nSPS) is 15.8. The van der Waals surface area contributed by atoms with E-state index in [9.17, 15) is 13.2 Å². The lowest BCUT2D eigenvalue weighted by Gasteiger charge is -2.33. The van der Waals surface area contributed by atoms with E-state index in [2.05, 4.69) is 32.1 Å². The molecule has 0 atom stereocenters. The number of nitrogens with zero attached hydrogens (tertiary/aromatic N) is 4. The molecule has 6 nitrogen and oxygen atoms in total. The van der Waals surface area contributed by atoms with E-state index in [1.807, 2.05) is 12.1 Å². The topological polar surface area (TPSA) is 54.6 Å². The van der Waals surface area contributed by atoms with Gasteiger partial charge in [0.2, 0.25) is 11.7 Å². The number of piperazine rings is 1. The molecular weight excluding hydrogens is 421 g/mol. The van der Waals surface area contributed by atoms with Crippen LogP contribution in [0, 0.1) is 0 Å². The summed E-state index contributed by atoms with van der Waals surface area (Å²) in [6, 6.07) is 12.9. The van der Waals surface area contributed by atoms with Crippen LogP contribution < -0.4 is 4.74 Å². The Bertz CT molecular complexity index is 995. The minimum Gasteiger partial charge on any atom is -0.497 e. The second-order valence-electron chi connectivity index (χ2n) is 7.80. The molecule has 2 aromatic carbocycles. The molecule has 9 heteroatoms. The third-order valence-electron chi connectivity index (χ3n) is 5.64. The summed E-state index contributed by atoms with van der Waals surface area (Å²) >= 11 is 0. The lowest BCUT2D eigenvalue weighted by Crippen LogP contribution is -2.46. The Balaban J connectivity index is 1.24. The first-order valence-electron chi connectivity index (χ1n) is 10.5. The van der Waals surface area contributed by atoms with Gasteiger partial charge in [0.25, 0.3) is 0 Å². The Kier molecular flexibility index (Phi) is 6.76. The van der Waals surface area contributed by atoms with Gasteiger partial charge in [0.05, 0.1) is 19.2 Å². The molecule has 1 aromatic heterocycles. The number of methoxy groups -OCH3 is 1. The van der Waals surface area contributed by atoms with Crippen LogP contribution in [0.25, 0.3) is 11.4 Å². The molecule has 0 spiro atoms. The fourth-order valence-electron chi connectivity index (χ4n) is 3.69. The van der Waals surface area contributed by atoms with Gasteiger partial charge >= 0.3 is 6.18 Å². The van der Waals surface area contributed by atoms with E-state index in [4.69, 9.17) is 9.26 Å². The van der Waals surface area contributed by atoms with Gasteiger partial charge in [-0.25, -0.2) is 0 Å². The third-order valence-corrected chi connectivity index (χ3v) is 5.64. The molecule has 0 radical (unpaired) electrons. The van der Waals surface area contributed by atoms with Crippen LogP contribution in [0.2, 0.25) is 0 Å². The van der Waals surface area contributed by atoms with Crippen molar-refractivity contribution >= 4 is 0 Å². The summed E-state index contributed by atoms with van der Waals surface area (Å²) in [6.45, 7) is 5.21. The van der Waals surface area contributed by atoms with Crippen LogP contribution in [0.3, 0.4) is 0 Å². The Morgan fingerprint density at radius 2 is 1.59 bits per heavy atom. The predicted octanol–water partition coefficient (Wildman–Crippen LogP) is 4.12. The minimum atomic E-state index is -4.36. The number of ether oxygens (including phenoxy) is 1. The Hall–Kier alpha value is -2.91. The molecule has 2 heterocycles. The Morgan fingerprint density at radius 3 is 2.22 bits per heavy atom. The van der Waals surface area contributed by atoms with E-state index in [-0.39, 0.29) is 0 Å². The van der Waals surface area contributed by atoms with Gasteiger partial charge in [0.15, 0.2) is 0 Å². The van der Waals surface area contributed by atoms with Crippen molar-refractivity contribution in [1.29, 1.82) is 0 Å². The lowest BCUT2D eigenvalue weighted by atomic mass is 10.1. The van der Waals surface area contributed by atoms with Crippen LogP contribution in [-0.2, 0) is 19.1 Å². The van der Waals surface area contributed by atoms with Crippen LogP contribution in [0.15, 0.2) is 53.1 Å². The molecule has 0 bridgehead atoms. The highest BCUT2D eigenvalue weighted by molar-refractivity contribution is 5.54. The molecule has 1 saturated heterocycles. The monoisotopic (exact) mass is 446 g/mol. The minimum absolute atomic E-state index is 0.298. The van der Waals surface area contributed by atoms with Gasteiger partial charge in [-0.3, -0.25) is 4.90 Å². The van der Waals surface area contributed by atoms with Crippen molar-refractivity contribution < 1.29 is 22.4 Å². The van der Waals surface area contributed by atoms with Gasteiger partial charge in [-0.15, -0.1) is 0 Å². The SMILES string of the molecule is COc1ccc(CCN2CCN(Cc3nc(-c4ccc(C(F)(F)F)cc4)no3)CC2)cc1.